The van der Waals surface area contributed by atoms with Gasteiger partial charge in [-0.05, 0) is 29.7 Å². The molecule has 29 heavy (non-hydrogen) atoms. The molecule has 3 aromatic rings. The van der Waals surface area contributed by atoms with Gasteiger partial charge in [0.1, 0.15) is 24.8 Å². The number of hydrogen-bond acceptors (Lipinski definition) is 4. The van der Waals surface area contributed by atoms with E-state index in [2.05, 4.69) is 35.9 Å². The first-order valence-electron chi connectivity index (χ1n) is 10.0. The number of fused-ring (bicyclic) bond motifs is 1. The molecule has 1 amide bonds. The first-order valence-corrected chi connectivity index (χ1v) is 10.0. The molecule has 2 aromatic carbocycles. The van der Waals surface area contributed by atoms with Crippen LogP contribution in [0.3, 0.4) is 0 Å². The Balaban J connectivity index is 1.70. The molecular formula is C23H29N3O3. The maximum Gasteiger partial charge on any atom is 0.245 e. The fraction of sp³-hybridized carbons (Fsp3) is 0.391. The maximum absolute atomic E-state index is 11.6. The summed E-state index contributed by atoms with van der Waals surface area (Å²) in [6, 6.07) is 16.3. The van der Waals surface area contributed by atoms with Crippen LogP contribution in [0.5, 0.6) is 5.75 Å². The molecule has 154 valence electrons. The minimum atomic E-state index is -0.121. The van der Waals surface area contributed by atoms with Crippen molar-refractivity contribution in [2.24, 2.45) is 0 Å². The summed E-state index contributed by atoms with van der Waals surface area (Å²) in [5.74, 6) is 2.15. The van der Waals surface area contributed by atoms with E-state index in [0.717, 1.165) is 22.6 Å². The van der Waals surface area contributed by atoms with Crippen molar-refractivity contribution in [2.45, 2.75) is 32.7 Å². The Bertz CT molecular complexity index is 949. The Morgan fingerprint density at radius 1 is 1.14 bits per heavy atom. The number of methoxy groups -OCH3 is 1. The summed E-state index contributed by atoms with van der Waals surface area (Å²) < 4.78 is 13.1. The van der Waals surface area contributed by atoms with E-state index in [4.69, 9.17) is 14.5 Å². The van der Waals surface area contributed by atoms with Crippen molar-refractivity contribution >= 4 is 16.9 Å². The number of aromatic nitrogens is 2. The molecule has 0 bridgehead atoms. The third-order valence-corrected chi connectivity index (χ3v) is 4.79. The summed E-state index contributed by atoms with van der Waals surface area (Å²) in [4.78, 5) is 16.4. The Hall–Kier alpha value is -2.86. The third kappa shape index (κ3) is 5.35. The van der Waals surface area contributed by atoms with E-state index in [1.165, 1.54) is 12.7 Å². The van der Waals surface area contributed by atoms with Crippen LogP contribution in [0, 0.1) is 0 Å². The van der Waals surface area contributed by atoms with Crippen LogP contribution in [0.4, 0.5) is 0 Å². The van der Waals surface area contributed by atoms with Crippen molar-refractivity contribution in [1.29, 1.82) is 0 Å². The van der Waals surface area contributed by atoms with Crippen LogP contribution >= 0.6 is 0 Å². The molecule has 0 atom stereocenters. The molecule has 3 rings (SSSR count). The van der Waals surface area contributed by atoms with Gasteiger partial charge in [-0.1, -0.05) is 44.2 Å². The lowest BCUT2D eigenvalue weighted by Crippen LogP contribution is -2.29. The van der Waals surface area contributed by atoms with Crippen LogP contribution in [0.25, 0.3) is 11.0 Å². The number of hydrogen-bond donors (Lipinski definition) is 1. The van der Waals surface area contributed by atoms with Gasteiger partial charge in [0.2, 0.25) is 5.91 Å². The zero-order valence-corrected chi connectivity index (χ0v) is 17.4. The van der Waals surface area contributed by atoms with Crippen LogP contribution < -0.4 is 10.1 Å². The molecule has 0 radical (unpaired) electrons. The lowest BCUT2D eigenvalue weighted by Gasteiger charge is -2.15. The molecule has 0 saturated heterocycles. The summed E-state index contributed by atoms with van der Waals surface area (Å²) in [6.45, 7) is 6.16. The van der Waals surface area contributed by atoms with Crippen molar-refractivity contribution in [1.82, 2.24) is 14.9 Å². The largest absolute Gasteiger partial charge is 0.491 e. The Labute approximate surface area is 171 Å². The molecule has 0 spiro atoms. The monoisotopic (exact) mass is 395 g/mol. The van der Waals surface area contributed by atoms with Crippen molar-refractivity contribution in [2.75, 3.05) is 26.9 Å². The van der Waals surface area contributed by atoms with E-state index in [-0.39, 0.29) is 12.5 Å². The van der Waals surface area contributed by atoms with E-state index >= 15 is 0 Å². The summed E-state index contributed by atoms with van der Waals surface area (Å²) in [5.41, 5.74) is 3.24. The van der Waals surface area contributed by atoms with Crippen LogP contribution in [0.1, 0.15) is 31.2 Å². The van der Waals surface area contributed by atoms with E-state index < -0.39 is 0 Å². The molecule has 0 aliphatic carbocycles. The van der Waals surface area contributed by atoms with Gasteiger partial charge < -0.3 is 19.4 Å². The first kappa shape index (κ1) is 20.9. The molecule has 6 heteroatoms. The Morgan fingerprint density at radius 3 is 2.69 bits per heavy atom. The molecule has 0 saturated carbocycles. The molecule has 6 nitrogen and oxygen atoms in total. The SMILES string of the molecule is COCC(=O)NCCc1nc2ccccc2n1CCOc1ccccc1C(C)C. The summed E-state index contributed by atoms with van der Waals surface area (Å²) in [5, 5.41) is 2.86. The number of ether oxygens (including phenoxy) is 2. The lowest BCUT2D eigenvalue weighted by molar-refractivity contribution is -0.124. The van der Waals surface area contributed by atoms with E-state index in [1.54, 1.807) is 0 Å². The fourth-order valence-electron chi connectivity index (χ4n) is 3.40. The van der Waals surface area contributed by atoms with Crippen LogP contribution in [0.2, 0.25) is 0 Å². The topological polar surface area (TPSA) is 65.4 Å². The highest BCUT2D eigenvalue weighted by atomic mass is 16.5. The van der Waals surface area contributed by atoms with Gasteiger partial charge in [-0.3, -0.25) is 4.79 Å². The number of benzene rings is 2. The molecule has 0 aliphatic rings. The van der Waals surface area contributed by atoms with Crippen LogP contribution in [0.15, 0.2) is 48.5 Å². The average Bonchev–Trinajstić information content (AvgIpc) is 3.06. The quantitative estimate of drug-likeness (QED) is 0.570. The van der Waals surface area contributed by atoms with Gasteiger partial charge >= 0.3 is 0 Å². The minimum absolute atomic E-state index is 0.0690. The van der Waals surface area contributed by atoms with Crippen molar-refractivity contribution in [3.8, 4) is 5.75 Å². The highest BCUT2D eigenvalue weighted by molar-refractivity contribution is 5.77. The molecule has 0 fully saturated rings. The molecule has 1 heterocycles. The first-order chi connectivity index (χ1) is 14.1. The Kier molecular flexibility index (Phi) is 7.25. The predicted molar refractivity (Wildman–Crippen MR) is 114 cm³/mol. The summed E-state index contributed by atoms with van der Waals surface area (Å²) in [7, 11) is 1.51. The molecule has 0 aliphatic heterocycles. The average molecular weight is 396 g/mol. The molecular weight excluding hydrogens is 366 g/mol. The Morgan fingerprint density at radius 2 is 1.90 bits per heavy atom. The second kappa shape index (κ2) is 10.1. The molecule has 1 aromatic heterocycles. The van der Waals surface area contributed by atoms with E-state index in [9.17, 15) is 4.79 Å². The van der Waals surface area contributed by atoms with Crippen LogP contribution in [-0.4, -0.2) is 42.3 Å². The second-order valence-electron chi connectivity index (χ2n) is 7.24. The van der Waals surface area contributed by atoms with Gasteiger partial charge in [0.25, 0.3) is 0 Å². The number of carbonyl (C=O) groups is 1. The lowest BCUT2D eigenvalue weighted by atomic mass is 10.0. The van der Waals surface area contributed by atoms with Crippen LogP contribution in [-0.2, 0) is 22.5 Å². The zero-order chi connectivity index (χ0) is 20.6. The second-order valence-corrected chi connectivity index (χ2v) is 7.24. The standard InChI is InChI=1S/C23H29N3O3/c1-17(2)18-8-4-7-11-21(18)29-15-14-26-20-10-6-5-9-19(20)25-22(26)12-13-24-23(27)16-28-3/h4-11,17H,12-16H2,1-3H3,(H,24,27). The number of amides is 1. The minimum Gasteiger partial charge on any atom is -0.491 e. The zero-order valence-electron chi connectivity index (χ0n) is 17.4. The van der Waals surface area contributed by atoms with Gasteiger partial charge in [-0.15, -0.1) is 0 Å². The highest BCUT2D eigenvalue weighted by Gasteiger charge is 2.12. The van der Waals surface area contributed by atoms with E-state index in [1.807, 2.05) is 36.4 Å². The summed E-state index contributed by atoms with van der Waals surface area (Å²) in [6.07, 6.45) is 0.646. The van der Waals surface area contributed by atoms with Crippen molar-refractivity contribution < 1.29 is 14.3 Å². The van der Waals surface area contributed by atoms with Gasteiger partial charge in [-0.25, -0.2) is 4.98 Å². The highest BCUT2D eigenvalue weighted by Crippen LogP contribution is 2.26. The van der Waals surface area contributed by atoms with Gasteiger partial charge in [0, 0.05) is 20.1 Å². The smallest absolute Gasteiger partial charge is 0.245 e. The molecule has 1 N–H and O–H groups in total. The summed E-state index contributed by atoms with van der Waals surface area (Å²) >= 11 is 0. The molecule has 0 unspecified atom stereocenters. The number of nitrogens with zero attached hydrogens (tertiary/aromatic N) is 2. The third-order valence-electron chi connectivity index (χ3n) is 4.79. The number of para-hydroxylation sites is 3. The van der Waals surface area contributed by atoms with E-state index in [0.29, 0.717) is 32.0 Å². The van der Waals surface area contributed by atoms with Gasteiger partial charge in [-0.2, -0.15) is 0 Å². The van der Waals surface area contributed by atoms with Crippen molar-refractivity contribution in [3.05, 3.63) is 59.9 Å². The fourth-order valence-corrected chi connectivity index (χ4v) is 3.40. The number of carbonyl (C=O) groups excluding carboxylic acids is 1. The normalized spacial score (nSPS) is 11.2. The van der Waals surface area contributed by atoms with Crippen molar-refractivity contribution in [3.63, 3.8) is 0 Å². The number of rotatable bonds is 10. The maximum atomic E-state index is 11.6. The predicted octanol–water partition coefficient (Wildman–Crippen LogP) is 3.54. The number of imidazole rings is 1. The number of nitrogens with one attached hydrogen (secondary N) is 1. The van der Waals surface area contributed by atoms with Gasteiger partial charge in [0.05, 0.1) is 17.6 Å². The van der Waals surface area contributed by atoms with Gasteiger partial charge in [0.15, 0.2) is 0 Å².